The molecule has 0 amide bonds. The molecule has 0 spiro atoms. The van der Waals surface area contributed by atoms with Gasteiger partial charge < -0.3 is 0 Å². The van der Waals surface area contributed by atoms with E-state index < -0.39 is 23.1 Å². The quantitative estimate of drug-likeness (QED) is 0.238. The molecule has 0 fully saturated rings. The lowest BCUT2D eigenvalue weighted by molar-refractivity contribution is -0.147. The Labute approximate surface area is 120 Å². The lowest BCUT2D eigenvalue weighted by atomic mass is 10.1. The number of carbonyl (C=O) groups excluding carboxylic acids is 4. The lowest BCUT2D eigenvalue weighted by Crippen LogP contribution is -2.28. The fraction of sp³-hybridized carbons (Fsp3) is 0.625. The van der Waals surface area contributed by atoms with E-state index in [-0.39, 0.29) is 6.42 Å². The monoisotopic (exact) mass is 280 g/mol. The Balaban J connectivity index is 3.91. The topological polar surface area (TPSA) is 68.3 Å². The second-order valence-electron chi connectivity index (χ2n) is 4.76. The zero-order chi connectivity index (χ0) is 15.4. The minimum absolute atomic E-state index is 0.0562. The molecule has 0 unspecified atom stereocenters. The first-order valence-corrected chi connectivity index (χ1v) is 7.36. The van der Waals surface area contributed by atoms with E-state index in [1.807, 2.05) is 0 Å². The van der Waals surface area contributed by atoms with E-state index in [0.29, 0.717) is 6.42 Å². The molecule has 0 aliphatic heterocycles. The highest BCUT2D eigenvalue weighted by Crippen LogP contribution is 2.07. The molecule has 0 aromatic rings. The van der Waals surface area contributed by atoms with Gasteiger partial charge in [0, 0.05) is 6.42 Å². The van der Waals surface area contributed by atoms with E-state index in [4.69, 9.17) is 0 Å². The van der Waals surface area contributed by atoms with Crippen molar-refractivity contribution < 1.29 is 19.2 Å². The summed E-state index contributed by atoms with van der Waals surface area (Å²) >= 11 is 0. The highest BCUT2D eigenvalue weighted by Gasteiger charge is 2.25. The summed E-state index contributed by atoms with van der Waals surface area (Å²) in [5.41, 5.74) is 0. The predicted octanol–water partition coefficient (Wildman–Crippen LogP) is 2.98. The molecule has 0 saturated heterocycles. The largest absolute Gasteiger partial charge is 0.290 e. The summed E-state index contributed by atoms with van der Waals surface area (Å²) in [5, 5.41) is 0. The Kier molecular flexibility index (Phi) is 10.4. The summed E-state index contributed by atoms with van der Waals surface area (Å²) in [6.45, 7) is 3.64. The molecule has 0 aliphatic carbocycles. The van der Waals surface area contributed by atoms with Gasteiger partial charge in [0.1, 0.15) is 0 Å². The summed E-state index contributed by atoms with van der Waals surface area (Å²) < 4.78 is 0. The second kappa shape index (κ2) is 11.3. The Morgan fingerprint density at radius 2 is 1.40 bits per heavy atom. The fourth-order valence-electron chi connectivity index (χ4n) is 1.71. The molecule has 0 N–H and O–H groups in total. The molecule has 0 radical (unpaired) electrons. The van der Waals surface area contributed by atoms with Crippen molar-refractivity contribution in [2.24, 2.45) is 0 Å². The minimum atomic E-state index is -1.23. The second-order valence-corrected chi connectivity index (χ2v) is 4.76. The minimum Gasteiger partial charge on any atom is -0.290 e. The van der Waals surface area contributed by atoms with Gasteiger partial charge in [0.15, 0.2) is 0 Å². The summed E-state index contributed by atoms with van der Waals surface area (Å²) in [4.78, 5) is 44.9. The molecule has 0 aliphatic rings. The van der Waals surface area contributed by atoms with E-state index in [0.717, 1.165) is 18.9 Å². The van der Waals surface area contributed by atoms with Crippen LogP contribution in [-0.4, -0.2) is 23.1 Å². The normalized spacial score (nSPS) is 10.7. The number of unbranched alkanes of at least 4 members (excludes halogenated alkanes) is 6. The molecular formula is C16H24O4. The smallest absolute Gasteiger partial charge is 0.276 e. The van der Waals surface area contributed by atoms with Crippen molar-refractivity contribution in [3.8, 4) is 0 Å². The fourth-order valence-corrected chi connectivity index (χ4v) is 1.71. The summed E-state index contributed by atoms with van der Waals surface area (Å²) in [6, 6.07) is 0. The first-order valence-electron chi connectivity index (χ1n) is 7.36. The van der Waals surface area contributed by atoms with Crippen molar-refractivity contribution in [3.05, 3.63) is 12.2 Å². The average molecular weight is 280 g/mol. The number of rotatable bonds is 12. The van der Waals surface area contributed by atoms with Gasteiger partial charge in [-0.25, -0.2) is 0 Å². The molecule has 112 valence electrons. The lowest BCUT2D eigenvalue weighted by Gasteiger charge is -1.97. The Hall–Kier alpha value is -1.58. The number of hydrogen-bond donors (Lipinski definition) is 0. The van der Waals surface area contributed by atoms with Crippen LogP contribution in [0, 0.1) is 0 Å². The van der Waals surface area contributed by atoms with Crippen molar-refractivity contribution in [2.75, 3.05) is 0 Å². The molecule has 0 saturated carbocycles. The van der Waals surface area contributed by atoms with Crippen LogP contribution in [0.1, 0.15) is 65.2 Å². The van der Waals surface area contributed by atoms with Gasteiger partial charge in [-0.15, -0.1) is 0 Å². The third-order valence-corrected chi connectivity index (χ3v) is 3.00. The maximum Gasteiger partial charge on any atom is 0.276 e. The molecular weight excluding hydrogens is 256 g/mol. The zero-order valence-electron chi connectivity index (χ0n) is 12.4. The molecule has 0 atom stereocenters. The first kappa shape index (κ1) is 18.4. The summed E-state index contributed by atoms with van der Waals surface area (Å²) in [7, 11) is 0. The van der Waals surface area contributed by atoms with Crippen molar-refractivity contribution >= 4 is 23.1 Å². The van der Waals surface area contributed by atoms with Gasteiger partial charge in [0.05, 0.1) is 0 Å². The first-order chi connectivity index (χ1) is 9.54. The van der Waals surface area contributed by atoms with Crippen molar-refractivity contribution in [3.63, 3.8) is 0 Å². The Bertz CT molecular complexity index is 380. The summed E-state index contributed by atoms with van der Waals surface area (Å²) in [5.74, 6) is -4.15. The maximum atomic E-state index is 11.4. The van der Waals surface area contributed by atoms with Gasteiger partial charge in [-0.3, -0.25) is 19.2 Å². The van der Waals surface area contributed by atoms with Gasteiger partial charge in [-0.05, 0) is 18.9 Å². The Morgan fingerprint density at radius 3 is 2.00 bits per heavy atom. The number of allylic oxidation sites excluding steroid dienone is 2. The molecule has 0 bridgehead atoms. The standard InChI is InChI=1S/C16H24O4/c1-3-5-6-7-8-9-10-11-12-14(18)16(20)15(19)13(17)4-2/h11-12H,3-10H2,1-2H3. The van der Waals surface area contributed by atoms with Gasteiger partial charge in [0.25, 0.3) is 11.6 Å². The van der Waals surface area contributed by atoms with Gasteiger partial charge >= 0.3 is 0 Å². The van der Waals surface area contributed by atoms with Crippen LogP contribution in [0.4, 0.5) is 0 Å². The van der Waals surface area contributed by atoms with Crippen molar-refractivity contribution in [1.29, 1.82) is 0 Å². The van der Waals surface area contributed by atoms with Crippen LogP contribution in [0.25, 0.3) is 0 Å². The van der Waals surface area contributed by atoms with E-state index in [2.05, 4.69) is 6.92 Å². The molecule has 4 heteroatoms. The molecule has 20 heavy (non-hydrogen) atoms. The molecule has 0 heterocycles. The van der Waals surface area contributed by atoms with Gasteiger partial charge in [0.2, 0.25) is 11.6 Å². The molecule has 4 nitrogen and oxygen atoms in total. The maximum absolute atomic E-state index is 11.4. The van der Waals surface area contributed by atoms with Crippen molar-refractivity contribution in [2.45, 2.75) is 65.2 Å². The highest BCUT2D eigenvalue weighted by atomic mass is 16.2. The van der Waals surface area contributed by atoms with E-state index in [1.54, 1.807) is 6.08 Å². The van der Waals surface area contributed by atoms with E-state index >= 15 is 0 Å². The van der Waals surface area contributed by atoms with Crippen LogP contribution in [0.3, 0.4) is 0 Å². The SMILES string of the molecule is CCCCCCCCC=CC(=O)C(=O)C(=O)C(=O)CC. The van der Waals surface area contributed by atoms with E-state index in [9.17, 15) is 19.2 Å². The zero-order valence-corrected chi connectivity index (χ0v) is 12.4. The Morgan fingerprint density at radius 1 is 0.800 bits per heavy atom. The van der Waals surface area contributed by atoms with Crippen LogP contribution in [0.5, 0.6) is 0 Å². The van der Waals surface area contributed by atoms with Crippen LogP contribution < -0.4 is 0 Å². The van der Waals surface area contributed by atoms with Crippen LogP contribution in [-0.2, 0) is 19.2 Å². The van der Waals surface area contributed by atoms with Crippen LogP contribution in [0.15, 0.2) is 12.2 Å². The molecule has 0 aromatic heterocycles. The third kappa shape index (κ3) is 7.77. The van der Waals surface area contributed by atoms with E-state index in [1.165, 1.54) is 32.6 Å². The number of Topliss-reactive ketones (excluding diaryl/α,β-unsaturated/α-hetero) is 3. The number of ketones is 4. The van der Waals surface area contributed by atoms with Gasteiger partial charge in [-0.1, -0.05) is 52.0 Å². The average Bonchev–Trinajstić information content (AvgIpc) is 2.47. The highest BCUT2D eigenvalue weighted by molar-refractivity contribution is 6.79. The number of carbonyl (C=O) groups is 4. The van der Waals surface area contributed by atoms with Crippen LogP contribution >= 0.6 is 0 Å². The number of hydrogen-bond acceptors (Lipinski definition) is 4. The van der Waals surface area contributed by atoms with Gasteiger partial charge in [-0.2, -0.15) is 0 Å². The molecule has 0 rings (SSSR count). The summed E-state index contributed by atoms with van der Waals surface area (Å²) in [6.07, 6.45) is 10.3. The van der Waals surface area contributed by atoms with Crippen LogP contribution in [0.2, 0.25) is 0 Å². The molecule has 0 aromatic carbocycles. The predicted molar refractivity (Wildman–Crippen MR) is 77.5 cm³/mol. The third-order valence-electron chi connectivity index (χ3n) is 3.00. The van der Waals surface area contributed by atoms with Crippen molar-refractivity contribution in [1.82, 2.24) is 0 Å².